The molecule has 0 aliphatic heterocycles. The van der Waals surface area contributed by atoms with Crippen LogP contribution in [-0.4, -0.2) is 145 Å². The van der Waals surface area contributed by atoms with Gasteiger partial charge in [-0.25, -0.2) is 0 Å². The minimum atomic E-state index is -1.01. The molecule has 0 heterocycles. The van der Waals surface area contributed by atoms with Crippen molar-refractivity contribution in [1.82, 2.24) is 19.6 Å². The van der Waals surface area contributed by atoms with Gasteiger partial charge in [0.2, 0.25) is 0 Å². The lowest BCUT2D eigenvalue weighted by Gasteiger charge is -2.11. The molecule has 0 aromatic rings. The van der Waals surface area contributed by atoms with E-state index in [1.54, 1.807) is 54.2 Å². The predicted octanol–water partition coefficient (Wildman–Crippen LogP) is 0.271. The van der Waals surface area contributed by atoms with E-state index in [1.807, 2.05) is 56.4 Å². The van der Waals surface area contributed by atoms with Gasteiger partial charge < -0.3 is 29.9 Å². The highest BCUT2D eigenvalue weighted by Gasteiger charge is 2.17. The number of aliphatic hydroxyl groups excluding tert-OH is 4. The molecule has 0 fully saturated rings. The Labute approximate surface area is 241 Å². The summed E-state index contributed by atoms with van der Waals surface area (Å²) in [6.45, 7) is 10.2. The summed E-state index contributed by atoms with van der Waals surface area (Å²) < 4.78 is 8.51. The van der Waals surface area contributed by atoms with Gasteiger partial charge in [0.05, 0.1) is 0 Å². The molecule has 4 unspecified atom stereocenters. The molecular weight excluding hydrogens is 528 g/mol. The Morgan fingerprint density at radius 3 is 0.925 bits per heavy atom. The number of rotatable bonds is 9. The first-order chi connectivity index (χ1) is 18.1. The van der Waals surface area contributed by atoms with Crippen LogP contribution >= 0.6 is 0 Å². The smallest absolute Gasteiger partial charge is 0.324 e. The third kappa shape index (κ3) is 45.9. The molecule has 0 aromatic heterocycles. The van der Waals surface area contributed by atoms with Gasteiger partial charge in [0.15, 0.2) is 0 Å². The Morgan fingerprint density at radius 2 is 0.750 bits per heavy atom. The summed E-state index contributed by atoms with van der Waals surface area (Å²) in [4.78, 5) is 50.3. The Hall–Kier alpha value is -2.04. The van der Waals surface area contributed by atoms with Crippen LogP contribution in [0.1, 0.15) is 67.2 Å². The number of carbonyl (C=O) groups is 4. The molecule has 0 saturated carbocycles. The molecule has 0 amide bonds. The standard InChI is InChI=1S/C10H14O6.4C4H11NO/c1-3-5-8(12)16-10(14)6-9(13)15-7(11)4-2;4*1-4(6)5(2)3/h3-6H2,1-2H3;4*4,6H,1-3H3. The van der Waals surface area contributed by atoms with Crippen LogP contribution in [0.3, 0.4) is 0 Å². The van der Waals surface area contributed by atoms with Gasteiger partial charge in [-0.15, -0.1) is 0 Å². The van der Waals surface area contributed by atoms with Gasteiger partial charge >= 0.3 is 23.9 Å². The van der Waals surface area contributed by atoms with Gasteiger partial charge in [-0.3, -0.25) is 38.8 Å². The normalized spacial score (nSPS) is 13.1. The van der Waals surface area contributed by atoms with Crippen molar-refractivity contribution in [2.24, 2.45) is 0 Å². The van der Waals surface area contributed by atoms with Crippen molar-refractivity contribution in [3.63, 3.8) is 0 Å². The van der Waals surface area contributed by atoms with E-state index >= 15 is 0 Å². The molecule has 0 aliphatic rings. The Morgan fingerprint density at radius 1 is 0.525 bits per heavy atom. The lowest BCUT2D eigenvalue weighted by Crippen LogP contribution is -2.23. The van der Waals surface area contributed by atoms with E-state index in [2.05, 4.69) is 9.47 Å². The summed E-state index contributed by atoms with van der Waals surface area (Å²) in [6.07, 6.45) is -1.30. The minimum Gasteiger partial charge on any atom is -0.393 e. The van der Waals surface area contributed by atoms with Crippen LogP contribution in [0.5, 0.6) is 0 Å². The summed E-state index contributed by atoms with van der Waals surface area (Å²) >= 11 is 0. The first-order valence-corrected chi connectivity index (χ1v) is 12.9. The number of esters is 4. The quantitative estimate of drug-likeness (QED) is 0.164. The highest BCUT2D eigenvalue weighted by molar-refractivity contribution is 5.99. The van der Waals surface area contributed by atoms with Crippen LogP contribution < -0.4 is 0 Å². The third-order valence-electron chi connectivity index (χ3n) is 4.48. The molecule has 14 heteroatoms. The van der Waals surface area contributed by atoms with Crippen molar-refractivity contribution >= 4 is 23.9 Å². The zero-order valence-electron chi connectivity index (χ0n) is 27.2. The molecular formula is C26H58N4O10. The number of nitrogens with zero attached hydrogens (tertiary/aromatic N) is 4. The minimum absolute atomic E-state index is 0.0373. The summed E-state index contributed by atoms with van der Waals surface area (Å²) in [5.74, 6) is -3.44. The zero-order valence-corrected chi connectivity index (χ0v) is 27.2. The molecule has 4 atom stereocenters. The fraction of sp³-hybridized carbons (Fsp3) is 0.846. The molecule has 14 nitrogen and oxygen atoms in total. The Bertz CT molecular complexity index is 567. The van der Waals surface area contributed by atoms with E-state index in [0.29, 0.717) is 6.42 Å². The molecule has 0 saturated heterocycles. The van der Waals surface area contributed by atoms with Crippen molar-refractivity contribution in [3.8, 4) is 0 Å². The van der Waals surface area contributed by atoms with Gasteiger partial charge in [0.1, 0.15) is 31.3 Å². The predicted molar refractivity (Wildman–Crippen MR) is 153 cm³/mol. The van der Waals surface area contributed by atoms with Crippen molar-refractivity contribution < 1.29 is 49.1 Å². The lowest BCUT2D eigenvalue weighted by molar-refractivity contribution is -0.165. The molecule has 0 bridgehead atoms. The molecule has 242 valence electrons. The van der Waals surface area contributed by atoms with Crippen LogP contribution in [0.2, 0.25) is 0 Å². The van der Waals surface area contributed by atoms with E-state index < -0.39 is 30.3 Å². The monoisotopic (exact) mass is 586 g/mol. The second kappa shape index (κ2) is 29.9. The number of ether oxygens (including phenoxy) is 2. The van der Waals surface area contributed by atoms with Crippen LogP contribution in [0, 0.1) is 0 Å². The fourth-order valence-electron chi connectivity index (χ4n) is 0.771. The van der Waals surface area contributed by atoms with E-state index in [0.717, 1.165) is 0 Å². The van der Waals surface area contributed by atoms with Crippen LogP contribution in [0.15, 0.2) is 0 Å². The number of aliphatic hydroxyl groups is 4. The maximum absolute atomic E-state index is 11.0. The SMILES string of the molecule is CC(O)N(C)C.CC(O)N(C)C.CC(O)N(C)C.CC(O)N(C)C.CCCC(=O)OC(=O)CC(=O)OC(=O)CC. The first kappa shape index (κ1) is 47.7. The maximum Gasteiger partial charge on any atom is 0.324 e. The van der Waals surface area contributed by atoms with E-state index in [-0.39, 0.29) is 37.8 Å². The highest BCUT2D eigenvalue weighted by Crippen LogP contribution is 1.97. The molecule has 40 heavy (non-hydrogen) atoms. The van der Waals surface area contributed by atoms with Gasteiger partial charge in [0, 0.05) is 12.8 Å². The van der Waals surface area contributed by atoms with Crippen molar-refractivity contribution in [2.45, 2.75) is 92.1 Å². The topological polar surface area (TPSA) is 181 Å². The average Bonchev–Trinajstić information content (AvgIpc) is 2.80. The lowest BCUT2D eigenvalue weighted by atomic mass is 10.3. The summed E-state index contributed by atoms with van der Waals surface area (Å²) in [6, 6.07) is 0. The molecule has 0 aromatic carbocycles. The molecule has 0 radical (unpaired) electrons. The highest BCUT2D eigenvalue weighted by atomic mass is 16.6. The largest absolute Gasteiger partial charge is 0.393 e. The fourth-order valence-corrected chi connectivity index (χ4v) is 0.771. The van der Waals surface area contributed by atoms with E-state index in [1.165, 1.54) is 6.92 Å². The summed E-state index contributed by atoms with van der Waals surface area (Å²) in [7, 11) is 14.6. The molecule has 4 N–H and O–H groups in total. The summed E-state index contributed by atoms with van der Waals surface area (Å²) in [5, 5.41) is 34.2. The Kier molecular flexibility index (Phi) is 35.7. The van der Waals surface area contributed by atoms with Crippen molar-refractivity contribution in [1.29, 1.82) is 0 Å². The van der Waals surface area contributed by atoms with E-state index in [4.69, 9.17) is 20.4 Å². The van der Waals surface area contributed by atoms with Crippen LogP contribution in [-0.2, 0) is 28.7 Å². The number of hydrogen-bond acceptors (Lipinski definition) is 14. The molecule has 0 rings (SSSR count). The average molecular weight is 587 g/mol. The number of carbonyl (C=O) groups excluding carboxylic acids is 4. The second-order valence-corrected chi connectivity index (χ2v) is 9.35. The molecule has 0 spiro atoms. The van der Waals surface area contributed by atoms with Gasteiger partial charge in [-0.05, 0) is 90.5 Å². The maximum atomic E-state index is 11.0. The second-order valence-electron chi connectivity index (χ2n) is 9.35. The van der Waals surface area contributed by atoms with Gasteiger partial charge in [0.25, 0.3) is 0 Å². The third-order valence-corrected chi connectivity index (χ3v) is 4.48. The zero-order chi connectivity index (χ0) is 33.2. The van der Waals surface area contributed by atoms with Crippen molar-refractivity contribution in [3.05, 3.63) is 0 Å². The van der Waals surface area contributed by atoms with Crippen LogP contribution in [0.4, 0.5) is 0 Å². The van der Waals surface area contributed by atoms with E-state index in [9.17, 15) is 19.2 Å². The first-order valence-electron chi connectivity index (χ1n) is 12.9. The van der Waals surface area contributed by atoms with Crippen molar-refractivity contribution in [2.75, 3.05) is 56.4 Å². The summed E-state index contributed by atoms with van der Waals surface area (Å²) in [5.41, 5.74) is 0. The number of hydrogen-bond donors (Lipinski definition) is 4. The van der Waals surface area contributed by atoms with Gasteiger partial charge in [-0.1, -0.05) is 13.8 Å². The molecule has 0 aliphatic carbocycles. The Balaban J connectivity index is -0.000000142. The van der Waals surface area contributed by atoms with Crippen LogP contribution in [0.25, 0.3) is 0 Å². The van der Waals surface area contributed by atoms with Gasteiger partial charge in [-0.2, -0.15) is 0 Å².